The Balaban J connectivity index is 1.92. The van der Waals surface area contributed by atoms with Crippen molar-refractivity contribution in [1.29, 1.82) is 0 Å². The lowest BCUT2D eigenvalue weighted by molar-refractivity contribution is -0.123. The molecule has 1 heterocycles. The SMILES string of the molecule is CC(=NNC(=O)COc1cc(Cl)c(Cl)cc1Cl)c1ccc(C)s1. The maximum atomic E-state index is 11.8. The van der Waals surface area contributed by atoms with Crippen LogP contribution in [-0.2, 0) is 4.79 Å². The molecular weight excluding hydrogens is 379 g/mol. The summed E-state index contributed by atoms with van der Waals surface area (Å²) in [7, 11) is 0. The summed E-state index contributed by atoms with van der Waals surface area (Å²) in [6.45, 7) is 3.59. The van der Waals surface area contributed by atoms with E-state index in [1.807, 2.05) is 26.0 Å². The van der Waals surface area contributed by atoms with Gasteiger partial charge in [0.2, 0.25) is 0 Å². The van der Waals surface area contributed by atoms with Crippen LogP contribution in [0.15, 0.2) is 29.4 Å². The van der Waals surface area contributed by atoms with Crippen LogP contribution >= 0.6 is 46.1 Å². The van der Waals surface area contributed by atoms with Crippen molar-refractivity contribution in [3.63, 3.8) is 0 Å². The van der Waals surface area contributed by atoms with Crippen LogP contribution in [0.3, 0.4) is 0 Å². The van der Waals surface area contributed by atoms with E-state index in [0.717, 1.165) is 10.6 Å². The van der Waals surface area contributed by atoms with E-state index in [-0.39, 0.29) is 17.4 Å². The third-order valence-electron chi connectivity index (χ3n) is 2.78. The van der Waals surface area contributed by atoms with Gasteiger partial charge < -0.3 is 4.74 Å². The topological polar surface area (TPSA) is 50.7 Å². The maximum absolute atomic E-state index is 11.8. The van der Waals surface area contributed by atoms with Gasteiger partial charge in [-0.3, -0.25) is 4.79 Å². The molecular formula is C15H13Cl3N2O2S. The molecule has 0 aliphatic carbocycles. The summed E-state index contributed by atoms with van der Waals surface area (Å²) in [5.74, 6) is -0.120. The summed E-state index contributed by atoms with van der Waals surface area (Å²) < 4.78 is 5.32. The van der Waals surface area contributed by atoms with E-state index in [2.05, 4.69) is 10.5 Å². The molecule has 0 saturated heterocycles. The van der Waals surface area contributed by atoms with Crippen molar-refractivity contribution >= 4 is 57.8 Å². The molecule has 0 radical (unpaired) electrons. The first-order valence-electron chi connectivity index (χ1n) is 6.54. The third-order valence-corrected chi connectivity index (χ3v) is 4.91. The van der Waals surface area contributed by atoms with E-state index in [0.29, 0.717) is 10.0 Å². The third kappa shape index (κ3) is 5.11. The number of amides is 1. The lowest BCUT2D eigenvalue weighted by Gasteiger charge is -2.08. The molecule has 0 aliphatic rings. The van der Waals surface area contributed by atoms with E-state index >= 15 is 0 Å². The standard InChI is InChI=1S/C15H13Cl3N2O2S/c1-8-3-4-14(23-8)9(2)19-20-15(21)7-22-13-6-11(17)10(16)5-12(13)18/h3-6H,7H2,1-2H3,(H,20,21). The molecule has 4 nitrogen and oxygen atoms in total. The van der Waals surface area contributed by atoms with Gasteiger partial charge in [-0.25, -0.2) is 5.43 Å². The molecule has 1 N–H and O–H groups in total. The Morgan fingerprint density at radius 1 is 1.22 bits per heavy atom. The van der Waals surface area contributed by atoms with Gasteiger partial charge in [0, 0.05) is 10.9 Å². The van der Waals surface area contributed by atoms with Crippen molar-refractivity contribution in [2.45, 2.75) is 13.8 Å². The van der Waals surface area contributed by atoms with E-state index in [9.17, 15) is 4.79 Å². The van der Waals surface area contributed by atoms with Gasteiger partial charge >= 0.3 is 0 Å². The fourth-order valence-electron chi connectivity index (χ4n) is 1.62. The summed E-state index contributed by atoms with van der Waals surface area (Å²) in [5.41, 5.74) is 3.16. The van der Waals surface area contributed by atoms with Crippen molar-refractivity contribution in [2.24, 2.45) is 5.10 Å². The van der Waals surface area contributed by atoms with Crippen LogP contribution in [0.5, 0.6) is 5.75 Å². The minimum absolute atomic E-state index is 0.238. The summed E-state index contributed by atoms with van der Waals surface area (Å²) in [4.78, 5) is 14.0. The van der Waals surface area contributed by atoms with Gasteiger partial charge in [-0.05, 0) is 32.0 Å². The van der Waals surface area contributed by atoms with Crippen LogP contribution in [0.25, 0.3) is 0 Å². The van der Waals surface area contributed by atoms with Gasteiger partial charge in [-0.2, -0.15) is 5.10 Å². The fraction of sp³-hybridized carbons (Fsp3) is 0.200. The molecule has 0 atom stereocenters. The Bertz CT molecular complexity index is 759. The highest BCUT2D eigenvalue weighted by Crippen LogP contribution is 2.33. The van der Waals surface area contributed by atoms with Crippen molar-refractivity contribution < 1.29 is 9.53 Å². The Morgan fingerprint density at radius 3 is 2.57 bits per heavy atom. The Hall–Kier alpha value is -1.27. The minimum Gasteiger partial charge on any atom is -0.482 e. The number of hydrogen-bond donors (Lipinski definition) is 1. The maximum Gasteiger partial charge on any atom is 0.277 e. The molecule has 0 fully saturated rings. The van der Waals surface area contributed by atoms with Crippen LogP contribution in [0.4, 0.5) is 0 Å². The van der Waals surface area contributed by atoms with E-state index in [1.165, 1.54) is 17.0 Å². The number of carbonyl (C=O) groups excluding carboxylic acids is 1. The van der Waals surface area contributed by atoms with Gasteiger partial charge in [-0.15, -0.1) is 11.3 Å². The number of halogens is 3. The summed E-state index contributed by atoms with van der Waals surface area (Å²) in [6.07, 6.45) is 0. The predicted octanol–water partition coefficient (Wildman–Crippen LogP) is 4.94. The first-order chi connectivity index (χ1) is 10.9. The number of carbonyl (C=O) groups is 1. The minimum atomic E-state index is -0.403. The molecule has 0 spiro atoms. The Kier molecular flexibility index (Phi) is 6.30. The highest BCUT2D eigenvalue weighted by Gasteiger charge is 2.09. The molecule has 23 heavy (non-hydrogen) atoms. The molecule has 2 aromatic rings. The molecule has 1 amide bonds. The lowest BCUT2D eigenvalue weighted by atomic mass is 10.3. The average molecular weight is 392 g/mol. The fourth-order valence-corrected chi connectivity index (χ4v) is 3.02. The van der Waals surface area contributed by atoms with E-state index < -0.39 is 5.91 Å². The number of aryl methyl sites for hydroxylation is 1. The number of nitrogens with one attached hydrogen (secondary N) is 1. The number of benzene rings is 1. The second kappa shape index (κ2) is 8.02. The van der Waals surface area contributed by atoms with Crippen LogP contribution in [0, 0.1) is 6.92 Å². The first-order valence-corrected chi connectivity index (χ1v) is 8.49. The Morgan fingerprint density at radius 2 is 1.91 bits per heavy atom. The molecule has 2 rings (SSSR count). The van der Waals surface area contributed by atoms with Crippen molar-refractivity contribution in [3.05, 3.63) is 49.1 Å². The van der Waals surface area contributed by atoms with Crippen LogP contribution in [0.2, 0.25) is 15.1 Å². The molecule has 1 aromatic heterocycles. The zero-order chi connectivity index (χ0) is 17.0. The number of ether oxygens (including phenoxy) is 1. The number of rotatable bonds is 5. The molecule has 8 heteroatoms. The monoisotopic (exact) mass is 390 g/mol. The highest BCUT2D eigenvalue weighted by molar-refractivity contribution is 7.14. The molecule has 0 bridgehead atoms. The van der Waals surface area contributed by atoms with Gasteiger partial charge in [0.05, 0.1) is 25.7 Å². The lowest BCUT2D eigenvalue weighted by Crippen LogP contribution is -2.25. The van der Waals surface area contributed by atoms with E-state index in [1.54, 1.807) is 11.3 Å². The van der Waals surface area contributed by atoms with E-state index in [4.69, 9.17) is 39.5 Å². The summed E-state index contributed by atoms with van der Waals surface area (Å²) in [6, 6.07) is 6.87. The number of nitrogens with zero attached hydrogens (tertiary/aromatic N) is 1. The van der Waals surface area contributed by atoms with Gasteiger partial charge in [0.15, 0.2) is 6.61 Å². The highest BCUT2D eigenvalue weighted by atomic mass is 35.5. The van der Waals surface area contributed by atoms with Crippen LogP contribution < -0.4 is 10.2 Å². The second-order valence-electron chi connectivity index (χ2n) is 4.63. The zero-order valence-corrected chi connectivity index (χ0v) is 15.4. The van der Waals surface area contributed by atoms with Crippen molar-refractivity contribution in [2.75, 3.05) is 6.61 Å². The summed E-state index contributed by atoms with van der Waals surface area (Å²) in [5, 5.41) is 4.94. The van der Waals surface area contributed by atoms with Crippen molar-refractivity contribution in [3.8, 4) is 5.75 Å². The van der Waals surface area contributed by atoms with Gasteiger partial charge in [0.25, 0.3) is 5.91 Å². The quantitative estimate of drug-likeness (QED) is 0.446. The van der Waals surface area contributed by atoms with Crippen LogP contribution in [0.1, 0.15) is 16.7 Å². The number of thiophene rings is 1. The summed E-state index contributed by atoms with van der Waals surface area (Å²) >= 11 is 19.3. The van der Waals surface area contributed by atoms with Gasteiger partial charge in [-0.1, -0.05) is 34.8 Å². The van der Waals surface area contributed by atoms with Gasteiger partial charge in [0.1, 0.15) is 5.75 Å². The second-order valence-corrected chi connectivity index (χ2v) is 7.14. The molecule has 122 valence electrons. The molecule has 0 unspecified atom stereocenters. The zero-order valence-electron chi connectivity index (χ0n) is 12.3. The molecule has 0 saturated carbocycles. The predicted molar refractivity (Wildman–Crippen MR) is 96.4 cm³/mol. The van der Waals surface area contributed by atoms with Crippen LogP contribution in [-0.4, -0.2) is 18.2 Å². The number of hydrogen-bond acceptors (Lipinski definition) is 4. The molecule has 1 aromatic carbocycles. The molecule has 0 aliphatic heterocycles. The normalized spacial score (nSPS) is 11.4. The number of hydrazone groups is 1. The average Bonchev–Trinajstić information content (AvgIpc) is 2.93. The van der Waals surface area contributed by atoms with Crippen molar-refractivity contribution in [1.82, 2.24) is 5.43 Å². The smallest absolute Gasteiger partial charge is 0.277 e. The largest absolute Gasteiger partial charge is 0.482 e. The first kappa shape index (κ1) is 18.1. The Labute approximate surface area is 153 Å².